The van der Waals surface area contributed by atoms with Crippen LogP contribution in [-0.4, -0.2) is 25.7 Å². The van der Waals surface area contributed by atoms with Gasteiger partial charge in [0.25, 0.3) is 0 Å². The zero-order valence-electron chi connectivity index (χ0n) is 13.8. The second-order valence-corrected chi connectivity index (χ2v) is 8.55. The van der Waals surface area contributed by atoms with Crippen LogP contribution in [0.25, 0.3) is 0 Å². The van der Waals surface area contributed by atoms with E-state index in [1.165, 1.54) is 6.07 Å². The Morgan fingerprint density at radius 2 is 1.91 bits per heavy atom. The van der Waals surface area contributed by atoms with Crippen LogP contribution < -0.4 is 11.1 Å². The Morgan fingerprint density at radius 3 is 2.43 bits per heavy atom. The summed E-state index contributed by atoms with van der Waals surface area (Å²) in [7, 11) is -3.59. The topological polar surface area (TPSA) is 89.3 Å². The number of nitrogens with two attached hydrogens (primary N) is 1. The van der Waals surface area contributed by atoms with Crippen LogP contribution in [0, 0.1) is 5.92 Å². The number of hydrogen-bond donors (Lipinski definition) is 2. The molecule has 0 aromatic heterocycles. The molecule has 0 aliphatic rings. The number of halogens is 1. The maximum absolute atomic E-state index is 12.7. The average molecular weight is 361 g/mol. The first kappa shape index (κ1) is 19.9. The molecule has 1 amide bonds. The second kappa shape index (κ2) is 8.66. The highest BCUT2D eigenvalue weighted by atomic mass is 35.5. The summed E-state index contributed by atoms with van der Waals surface area (Å²) in [6, 6.07) is 6.36. The van der Waals surface area contributed by atoms with E-state index in [2.05, 4.69) is 5.32 Å². The molecule has 0 heterocycles. The Balaban J connectivity index is 2.96. The fourth-order valence-electron chi connectivity index (χ4n) is 2.47. The Bertz CT molecular complexity index is 632. The van der Waals surface area contributed by atoms with Gasteiger partial charge in [0, 0.05) is 5.92 Å². The van der Waals surface area contributed by atoms with Gasteiger partial charge in [-0.2, -0.15) is 0 Å². The number of amides is 1. The summed E-state index contributed by atoms with van der Waals surface area (Å²) in [6.07, 6.45) is 1.17. The van der Waals surface area contributed by atoms with Crippen molar-refractivity contribution in [3.05, 3.63) is 29.3 Å². The van der Waals surface area contributed by atoms with Crippen molar-refractivity contribution in [3.8, 4) is 0 Å². The zero-order chi connectivity index (χ0) is 17.6. The van der Waals surface area contributed by atoms with Crippen molar-refractivity contribution in [1.29, 1.82) is 0 Å². The maximum Gasteiger partial charge on any atom is 0.224 e. The smallest absolute Gasteiger partial charge is 0.224 e. The average Bonchev–Trinajstić information content (AvgIpc) is 2.46. The molecule has 130 valence electrons. The van der Waals surface area contributed by atoms with Crippen LogP contribution in [0.4, 0.5) is 0 Å². The first-order chi connectivity index (χ1) is 10.7. The van der Waals surface area contributed by atoms with Crippen molar-refractivity contribution < 1.29 is 13.2 Å². The second-order valence-electron chi connectivity index (χ2n) is 5.80. The van der Waals surface area contributed by atoms with Gasteiger partial charge in [0.15, 0.2) is 9.84 Å². The number of benzene rings is 1. The molecular formula is C16H25ClN2O3S. The fourth-order valence-corrected chi connectivity index (χ4v) is 4.45. The first-order valence-electron chi connectivity index (χ1n) is 7.74. The van der Waals surface area contributed by atoms with Crippen LogP contribution in [0.1, 0.15) is 40.0 Å². The third kappa shape index (κ3) is 5.48. The summed E-state index contributed by atoms with van der Waals surface area (Å²) in [4.78, 5) is 12.3. The summed E-state index contributed by atoms with van der Waals surface area (Å²) >= 11 is 6.01. The van der Waals surface area contributed by atoms with E-state index in [0.29, 0.717) is 6.42 Å². The van der Waals surface area contributed by atoms with E-state index in [0.717, 1.165) is 6.42 Å². The van der Waals surface area contributed by atoms with Gasteiger partial charge in [-0.15, -0.1) is 0 Å². The lowest BCUT2D eigenvalue weighted by atomic mass is 9.97. The van der Waals surface area contributed by atoms with Crippen LogP contribution in [0.15, 0.2) is 29.2 Å². The van der Waals surface area contributed by atoms with Gasteiger partial charge in [0.1, 0.15) is 0 Å². The van der Waals surface area contributed by atoms with Gasteiger partial charge in [0.05, 0.1) is 21.3 Å². The molecule has 1 aromatic rings. The van der Waals surface area contributed by atoms with Crippen LogP contribution in [0.2, 0.25) is 5.02 Å². The van der Waals surface area contributed by atoms with Crippen molar-refractivity contribution >= 4 is 27.3 Å². The van der Waals surface area contributed by atoms with Crippen LogP contribution in [-0.2, 0) is 14.6 Å². The molecular weight excluding hydrogens is 336 g/mol. The lowest BCUT2D eigenvalue weighted by Crippen LogP contribution is -2.43. The summed E-state index contributed by atoms with van der Waals surface area (Å²) in [5.74, 6) is -0.596. The SMILES string of the molecule is CCCC(CC(C)S(=O)(=O)c1ccccc1Cl)C(=O)NC(C)N. The van der Waals surface area contributed by atoms with Crippen molar-refractivity contribution in [2.75, 3.05) is 0 Å². The van der Waals surface area contributed by atoms with Crippen LogP contribution >= 0.6 is 11.6 Å². The van der Waals surface area contributed by atoms with E-state index in [-0.39, 0.29) is 22.2 Å². The molecule has 7 heteroatoms. The Hall–Kier alpha value is -1.11. The van der Waals surface area contributed by atoms with Gasteiger partial charge in [-0.25, -0.2) is 8.42 Å². The number of carbonyl (C=O) groups excluding carboxylic acids is 1. The molecule has 0 fully saturated rings. The normalized spacial score (nSPS) is 15.7. The van der Waals surface area contributed by atoms with E-state index in [1.807, 2.05) is 6.92 Å². The number of nitrogens with one attached hydrogen (secondary N) is 1. The van der Waals surface area contributed by atoms with Crippen molar-refractivity contribution in [1.82, 2.24) is 5.32 Å². The molecule has 0 saturated heterocycles. The highest BCUT2D eigenvalue weighted by molar-refractivity contribution is 7.92. The summed E-state index contributed by atoms with van der Waals surface area (Å²) in [6.45, 7) is 5.24. The van der Waals surface area contributed by atoms with Gasteiger partial charge >= 0.3 is 0 Å². The van der Waals surface area contributed by atoms with Crippen LogP contribution in [0.5, 0.6) is 0 Å². The number of rotatable bonds is 8. The Kier molecular flexibility index (Phi) is 7.51. The highest BCUT2D eigenvalue weighted by Gasteiger charge is 2.30. The van der Waals surface area contributed by atoms with Gasteiger partial charge < -0.3 is 11.1 Å². The molecule has 3 atom stereocenters. The minimum absolute atomic E-state index is 0.108. The molecule has 0 aliphatic carbocycles. The van der Waals surface area contributed by atoms with E-state index in [9.17, 15) is 13.2 Å². The summed E-state index contributed by atoms with van der Waals surface area (Å²) < 4.78 is 25.4. The predicted molar refractivity (Wildman–Crippen MR) is 92.9 cm³/mol. The quantitative estimate of drug-likeness (QED) is 0.697. The summed E-state index contributed by atoms with van der Waals surface area (Å²) in [5.41, 5.74) is 5.59. The molecule has 0 radical (unpaired) electrons. The minimum atomic E-state index is -3.59. The van der Waals surface area contributed by atoms with Crippen molar-refractivity contribution in [2.24, 2.45) is 11.7 Å². The molecule has 3 unspecified atom stereocenters. The maximum atomic E-state index is 12.7. The molecule has 0 saturated carbocycles. The third-order valence-electron chi connectivity index (χ3n) is 3.67. The van der Waals surface area contributed by atoms with Gasteiger partial charge in [-0.3, -0.25) is 4.79 Å². The largest absolute Gasteiger partial charge is 0.341 e. The number of hydrogen-bond acceptors (Lipinski definition) is 4. The van der Waals surface area contributed by atoms with Crippen molar-refractivity contribution in [2.45, 2.75) is 56.3 Å². The summed E-state index contributed by atoms with van der Waals surface area (Å²) in [5, 5.41) is 2.14. The molecule has 3 N–H and O–H groups in total. The molecule has 23 heavy (non-hydrogen) atoms. The van der Waals surface area contributed by atoms with Gasteiger partial charge in [0.2, 0.25) is 5.91 Å². The van der Waals surface area contributed by atoms with Gasteiger partial charge in [-0.05, 0) is 38.8 Å². The predicted octanol–water partition coefficient (Wildman–Crippen LogP) is 2.73. The lowest BCUT2D eigenvalue weighted by Gasteiger charge is -2.22. The standard InChI is InChI=1S/C16H25ClN2O3S/c1-4-7-13(16(20)19-12(3)18)10-11(2)23(21,22)15-9-6-5-8-14(15)17/h5-6,8-9,11-13H,4,7,10,18H2,1-3H3,(H,19,20). The van der Waals surface area contributed by atoms with Crippen molar-refractivity contribution in [3.63, 3.8) is 0 Å². The fraction of sp³-hybridized carbons (Fsp3) is 0.562. The van der Waals surface area contributed by atoms with E-state index >= 15 is 0 Å². The van der Waals surface area contributed by atoms with E-state index in [4.69, 9.17) is 17.3 Å². The first-order valence-corrected chi connectivity index (χ1v) is 9.67. The Labute approximate surface area is 143 Å². The van der Waals surface area contributed by atoms with Gasteiger partial charge in [-0.1, -0.05) is 37.1 Å². The number of sulfone groups is 1. The molecule has 0 spiro atoms. The zero-order valence-corrected chi connectivity index (χ0v) is 15.3. The Morgan fingerprint density at radius 1 is 1.30 bits per heavy atom. The van der Waals surface area contributed by atoms with E-state index < -0.39 is 27.2 Å². The minimum Gasteiger partial charge on any atom is -0.341 e. The lowest BCUT2D eigenvalue weighted by molar-refractivity contribution is -0.126. The molecule has 1 aromatic carbocycles. The van der Waals surface area contributed by atoms with Crippen LogP contribution in [0.3, 0.4) is 0 Å². The molecule has 0 aliphatic heterocycles. The number of carbonyl (C=O) groups is 1. The monoisotopic (exact) mass is 360 g/mol. The molecule has 1 rings (SSSR count). The highest BCUT2D eigenvalue weighted by Crippen LogP contribution is 2.28. The van der Waals surface area contributed by atoms with E-state index in [1.54, 1.807) is 32.0 Å². The molecule has 5 nitrogen and oxygen atoms in total. The molecule has 0 bridgehead atoms. The third-order valence-corrected chi connectivity index (χ3v) is 6.33.